The molecule has 9 nitrogen and oxygen atoms in total. The molecular weight excluding hydrogens is 390 g/mol. The van der Waals surface area contributed by atoms with Gasteiger partial charge in [0, 0.05) is 32.7 Å². The maximum atomic E-state index is 12.5. The predicted molar refractivity (Wildman–Crippen MR) is 110 cm³/mol. The van der Waals surface area contributed by atoms with Gasteiger partial charge in [0.15, 0.2) is 0 Å². The van der Waals surface area contributed by atoms with Crippen LogP contribution in [0.1, 0.15) is 26.3 Å². The minimum absolute atomic E-state index is 0.133. The van der Waals surface area contributed by atoms with Crippen LogP contribution in [0.4, 0.5) is 9.59 Å². The molecule has 0 unspecified atom stereocenters. The topological polar surface area (TPSA) is 97.4 Å². The molecule has 1 N–H and O–H groups in total. The average molecular weight is 421 g/mol. The lowest BCUT2D eigenvalue weighted by Crippen LogP contribution is -2.59. The number of methoxy groups -OCH3 is 1. The Bertz CT molecular complexity index is 719. The van der Waals surface area contributed by atoms with E-state index in [-0.39, 0.29) is 6.61 Å². The van der Waals surface area contributed by atoms with Gasteiger partial charge in [-0.15, -0.1) is 0 Å². The van der Waals surface area contributed by atoms with Gasteiger partial charge in [0.1, 0.15) is 18.2 Å². The van der Waals surface area contributed by atoms with Crippen molar-refractivity contribution in [2.45, 2.75) is 39.0 Å². The van der Waals surface area contributed by atoms with Crippen molar-refractivity contribution in [2.24, 2.45) is 0 Å². The third kappa shape index (κ3) is 7.55. The van der Waals surface area contributed by atoms with E-state index >= 15 is 0 Å². The van der Waals surface area contributed by atoms with Crippen LogP contribution in [0.2, 0.25) is 0 Å². The zero-order valence-corrected chi connectivity index (χ0v) is 18.1. The van der Waals surface area contributed by atoms with Gasteiger partial charge in [0.2, 0.25) is 0 Å². The van der Waals surface area contributed by atoms with Gasteiger partial charge >= 0.3 is 18.2 Å². The van der Waals surface area contributed by atoms with Gasteiger partial charge in [-0.25, -0.2) is 14.4 Å². The molecule has 1 aliphatic heterocycles. The first-order chi connectivity index (χ1) is 14.2. The quantitative estimate of drug-likeness (QED) is 0.554. The van der Waals surface area contributed by atoms with E-state index in [0.717, 1.165) is 5.56 Å². The summed E-state index contributed by atoms with van der Waals surface area (Å²) in [5, 5.41) is 2.69. The fraction of sp³-hybridized carbons (Fsp3) is 0.571. The van der Waals surface area contributed by atoms with Gasteiger partial charge < -0.3 is 19.5 Å². The van der Waals surface area contributed by atoms with Crippen molar-refractivity contribution in [3.05, 3.63) is 35.9 Å². The first-order valence-electron chi connectivity index (χ1n) is 9.94. The molecule has 1 fully saturated rings. The second-order valence-corrected chi connectivity index (χ2v) is 8.00. The summed E-state index contributed by atoms with van der Waals surface area (Å²) in [6.45, 7) is 7.55. The average Bonchev–Trinajstić information content (AvgIpc) is 2.70. The van der Waals surface area contributed by atoms with Crippen LogP contribution in [0, 0.1) is 0 Å². The molecule has 30 heavy (non-hydrogen) atoms. The van der Waals surface area contributed by atoms with Crippen LogP contribution in [0.5, 0.6) is 0 Å². The third-order valence-corrected chi connectivity index (χ3v) is 4.47. The van der Waals surface area contributed by atoms with E-state index in [9.17, 15) is 14.4 Å². The molecule has 0 spiro atoms. The van der Waals surface area contributed by atoms with Crippen LogP contribution in [0.15, 0.2) is 30.3 Å². The van der Waals surface area contributed by atoms with Crippen LogP contribution in [0.25, 0.3) is 0 Å². The lowest BCUT2D eigenvalue weighted by atomic mass is 10.1. The SMILES string of the molecule is COC(=O)[C@@H]1CN(CCNC(=O)OC(C)(C)C)CCN1C(=O)OCc1ccccc1. The molecule has 0 bridgehead atoms. The summed E-state index contributed by atoms with van der Waals surface area (Å²) < 4.78 is 15.5. The zero-order valence-electron chi connectivity index (χ0n) is 18.1. The van der Waals surface area contributed by atoms with Crippen molar-refractivity contribution in [1.82, 2.24) is 15.1 Å². The van der Waals surface area contributed by atoms with Crippen LogP contribution >= 0.6 is 0 Å². The molecular formula is C21H31N3O6. The highest BCUT2D eigenvalue weighted by atomic mass is 16.6. The zero-order chi connectivity index (χ0) is 22.1. The largest absolute Gasteiger partial charge is 0.467 e. The van der Waals surface area contributed by atoms with Crippen molar-refractivity contribution in [3.63, 3.8) is 0 Å². The van der Waals surface area contributed by atoms with Crippen molar-refractivity contribution in [3.8, 4) is 0 Å². The number of amides is 2. The summed E-state index contributed by atoms with van der Waals surface area (Å²) in [7, 11) is 1.29. The van der Waals surface area contributed by atoms with Crippen molar-refractivity contribution < 1.29 is 28.6 Å². The molecule has 0 saturated carbocycles. The number of rotatable bonds is 6. The van der Waals surface area contributed by atoms with E-state index in [1.165, 1.54) is 12.0 Å². The molecule has 2 rings (SSSR count). The number of ether oxygens (including phenoxy) is 3. The van der Waals surface area contributed by atoms with Gasteiger partial charge in [-0.3, -0.25) is 9.80 Å². The number of hydrogen-bond donors (Lipinski definition) is 1. The summed E-state index contributed by atoms with van der Waals surface area (Å²) in [5.74, 6) is -0.503. The molecule has 1 heterocycles. The number of alkyl carbamates (subject to hydrolysis) is 1. The van der Waals surface area contributed by atoms with Gasteiger partial charge in [-0.05, 0) is 26.3 Å². The Morgan fingerprint density at radius 2 is 1.83 bits per heavy atom. The van der Waals surface area contributed by atoms with Crippen molar-refractivity contribution >= 4 is 18.2 Å². The van der Waals surface area contributed by atoms with E-state index in [2.05, 4.69) is 5.32 Å². The first kappa shape index (κ1) is 23.5. The van der Waals surface area contributed by atoms with E-state index in [1.54, 1.807) is 20.8 Å². The highest BCUT2D eigenvalue weighted by Gasteiger charge is 2.37. The standard InChI is InChI=1S/C21H31N3O6/c1-21(2,3)30-19(26)22-10-11-23-12-13-24(17(14-23)18(25)28-4)20(27)29-15-16-8-6-5-7-9-16/h5-9,17H,10-15H2,1-4H3,(H,22,26)/t17-/m0/s1. The number of esters is 1. The Balaban J connectivity index is 1.86. The number of carbonyl (C=O) groups excluding carboxylic acids is 3. The summed E-state index contributed by atoms with van der Waals surface area (Å²) >= 11 is 0. The van der Waals surface area contributed by atoms with E-state index in [1.807, 2.05) is 35.2 Å². The van der Waals surface area contributed by atoms with Crippen molar-refractivity contribution in [1.29, 1.82) is 0 Å². The lowest BCUT2D eigenvalue weighted by molar-refractivity contribution is -0.148. The molecule has 0 aliphatic carbocycles. The van der Waals surface area contributed by atoms with Gasteiger partial charge in [-0.2, -0.15) is 0 Å². The molecule has 1 aliphatic rings. The number of carbonyl (C=O) groups is 3. The number of hydrogen-bond acceptors (Lipinski definition) is 7. The Labute approximate surface area is 177 Å². The highest BCUT2D eigenvalue weighted by molar-refractivity contribution is 5.82. The Kier molecular flexibility index (Phi) is 8.46. The van der Waals surface area contributed by atoms with E-state index in [0.29, 0.717) is 32.7 Å². The fourth-order valence-corrected chi connectivity index (χ4v) is 3.03. The Hall–Kier alpha value is -2.81. The molecule has 1 aromatic rings. The van der Waals surface area contributed by atoms with E-state index < -0.39 is 29.8 Å². The van der Waals surface area contributed by atoms with Crippen LogP contribution in [-0.2, 0) is 25.6 Å². The van der Waals surface area contributed by atoms with Gasteiger partial charge in [-0.1, -0.05) is 30.3 Å². The summed E-state index contributed by atoms with van der Waals surface area (Å²) in [6, 6.07) is 8.57. The van der Waals surface area contributed by atoms with Gasteiger partial charge in [0.25, 0.3) is 0 Å². The van der Waals surface area contributed by atoms with Crippen LogP contribution in [0.3, 0.4) is 0 Å². The second kappa shape index (κ2) is 10.8. The van der Waals surface area contributed by atoms with E-state index in [4.69, 9.17) is 14.2 Å². The lowest BCUT2D eigenvalue weighted by Gasteiger charge is -2.39. The maximum absolute atomic E-state index is 12.5. The number of nitrogens with one attached hydrogen (secondary N) is 1. The number of benzene rings is 1. The Morgan fingerprint density at radius 1 is 1.13 bits per heavy atom. The first-order valence-corrected chi connectivity index (χ1v) is 9.94. The molecule has 1 aromatic carbocycles. The smallest absolute Gasteiger partial charge is 0.410 e. The van der Waals surface area contributed by atoms with Crippen LogP contribution < -0.4 is 5.32 Å². The third-order valence-electron chi connectivity index (χ3n) is 4.47. The molecule has 1 saturated heterocycles. The molecule has 0 radical (unpaired) electrons. The molecule has 2 amide bonds. The monoisotopic (exact) mass is 421 g/mol. The second-order valence-electron chi connectivity index (χ2n) is 8.00. The molecule has 9 heteroatoms. The molecule has 1 atom stereocenters. The normalized spacial score (nSPS) is 17.2. The minimum atomic E-state index is -0.770. The molecule has 0 aromatic heterocycles. The predicted octanol–water partition coefficient (Wildman–Crippen LogP) is 2.01. The van der Waals surface area contributed by atoms with Gasteiger partial charge in [0.05, 0.1) is 7.11 Å². The fourth-order valence-electron chi connectivity index (χ4n) is 3.03. The summed E-state index contributed by atoms with van der Waals surface area (Å²) in [4.78, 5) is 39.9. The maximum Gasteiger partial charge on any atom is 0.410 e. The number of piperazine rings is 1. The summed E-state index contributed by atoms with van der Waals surface area (Å²) in [5.41, 5.74) is 0.304. The van der Waals surface area contributed by atoms with Crippen molar-refractivity contribution in [2.75, 3.05) is 39.8 Å². The highest BCUT2D eigenvalue weighted by Crippen LogP contribution is 2.14. The number of nitrogens with zero attached hydrogens (tertiary/aromatic N) is 2. The minimum Gasteiger partial charge on any atom is -0.467 e. The van der Waals surface area contributed by atoms with Crippen LogP contribution in [-0.4, -0.2) is 79.4 Å². The molecule has 166 valence electrons. The Morgan fingerprint density at radius 3 is 2.47 bits per heavy atom. The summed E-state index contributed by atoms with van der Waals surface area (Å²) in [6.07, 6.45) is -1.05.